The van der Waals surface area contributed by atoms with Gasteiger partial charge in [-0.25, -0.2) is 0 Å². The Morgan fingerprint density at radius 2 is 1.85 bits per heavy atom. The number of fused-ring (bicyclic) bond motifs is 1. The Labute approximate surface area is 180 Å². The van der Waals surface area contributed by atoms with E-state index in [9.17, 15) is 4.79 Å². The van der Waals surface area contributed by atoms with E-state index in [1.807, 2.05) is 0 Å². The Morgan fingerprint density at radius 1 is 1.15 bits per heavy atom. The first-order valence-electron chi connectivity index (χ1n) is 9.33. The summed E-state index contributed by atoms with van der Waals surface area (Å²) < 4.78 is 4.17. The van der Waals surface area contributed by atoms with Crippen LogP contribution in [0.1, 0.15) is 42.5 Å². The number of amides is 1. The van der Waals surface area contributed by atoms with Gasteiger partial charge in [0.1, 0.15) is 0 Å². The summed E-state index contributed by atoms with van der Waals surface area (Å²) in [7, 11) is 0. The molecule has 1 aromatic rings. The van der Waals surface area contributed by atoms with Gasteiger partial charge in [0.05, 0.1) is 6.61 Å². The van der Waals surface area contributed by atoms with Crippen LogP contribution < -0.4 is 5.32 Å². The summed E-state index contributed by atoms with van der Waals surface area (Å²) in [6, 6.07) is 7.04. The molecule has 2 heterocycles. The number of nitrogens with zero attached hydrogens (tertiary/aromatic N) is 1. The lowest BCUT2D eigenvalue weighted by molar-refractivity contribution is -0.0325. The van der Waals surface area contributed by atoms with Crippen LogP contribution in [0, 0.1) is 5.92 Å². The van der Waals surface area contributed by atoms with Crippen LogP contribution in [0.3, 0.4) is 0 Å². The highest BCUT2D eigenvalue weighted by atomic mass is 35.6. The van der Waals surface area contributed by atoms with E-state index in [4.69, 9.17) is 51.1 Å². The lowest BCUT2D eigenvalue weighted by atomic mass is 9.84. The van der Waals surface area contributed by atoms with Crippen molar-refractivity contribution in [3.05, 3.63) is 34.9 Å². The van der Waals surface area contributed by atoms with E-state index in [2.05, 4.69) is 10.2 Å². The number of carbonyl (C=O) groups is 1. The predicted octanol–water partition coefficient (Wildman–Crippen LogP) is 5.05. The molecule has 8 heteroatoms. The fourth-order valence-corrected chi connectivity index (χ4v) is 4.49. The minimum Gasteiger partial charge on any atom is -0.354 e. The maximum absolute atomic E-state index is 12.5. The largest absolute Gasteiger partial charge is 0.354 e. The highest BCUT2D eigenvalue weighted by Crippen LogP contribution is 2.34. The minimum absolute atomic E-state index is 0.370. The molecule has 4 nitrogen and oxygen atoms in total. The van der Waals surface area contributed by atoms with E-state index >= 15 is 0 Å². The van der Waals surface area contributed by atoms with Crippen molar-refractivity contribution in [3.63, 3.8) is 0 Å². The molecule has 1 aromatic carbocycles. The van der Waals surface area contributed by atoms with Gasteiger partial charge >= 0.3 is 0 Å². The van der Waals surface area contributed by atoms with Crippen molar-refractivity contribution in [1.82, 2.24) is 10.2 Å². The van der Waals surface area contributed by atoms with Gasteiger partial charge in [-0.1, -0.05) is 52.8 Å². The number of hydrogen-bond acceptors (Lipinski definition) is 3. The monoisotopic (exact) mass is 452 g/mol. The number of hydrogen-bond donors (Lipinski definition) is 1. The third kappa shape index (κ3) is 5.88. The van der Waals surface area contributed by atoms with Gasteiger partial charge in [-0.05, 0) is 69.0 Å². The van der Waals surface area contributed by atoms with Crippen molar-refractivity contribution in [2.24, 2.45) is 5.92 Å². The Bertz CT molecular complexity index is 634. The van der Waals surface area contributed by atoms with Crippen LogP contribution >= 0.6 is 46.4 Å². The van der Waals surface area contributed by atoms with E-state index in [0.717, 1.165) is 25.9 Å². The van der Waals surface area contributed by atoms with Gasteiger partial charge < -0.3 is 15.0 Å². The van der Waals surface area contributed by atoms with Crippen LogP contribution in [0.2, 0.25) is 5.02 Å². The summed E-state index contributed by atoms with van der Waals surface area (Å²) in [6.45, 7) is 2.77. The van der Waals surface area contributed by atoms with Gasteiger partial charge in [-0.3, -0.25) is 4.79 Å². The number of halogens is 4. The van der Waals surface area contributed by atoms with E-state index in [0.29, 0.717) is 29.2 Å². The molecule has 27 heavy (non-hydrogen) atoms. The molecular formula is C19H24Cl4N2O2. The van der Waals surface area contributed by atoms with Crippen LogP contribution in [-0.2, 0) is 4.74 Å². The molecule has 2 aliphatic heterocycles. The third-order valence-corrected chi connectivity index (χ3v) is 6.22. The molecule has 1 amide bonds. The fraction of sp³-hybridized carbons (Fsp3) is 0.632. The summed E-state index contributed by atoms with van der Waals surface area (Å²) in [4.78, 5) is 15.0. The molecule has 2 aliphatic rings. The molecule has 150 valence electrons. The van der Waals surface area contributed by atoms with Crippen LogP contribution in [0.15, 0.2) is 24.3 Å². The molecule has 0 spiro atoms. The van der Waals surface area contributed by atoms with Gasteiger partial charge in [-0.2, -0.15) is 0 Å². The van der Waals surface area contributed by atoms with Gasteiger partial charge in [0.15, 0.2) is 6.23 Å². The smallest absolute Gasteiger partial charge is 0.253 e. The number of rotatable bonds is 5. The lowest BCUT2D eigenvalue weighted by Gasteiger charge is -2.44. The molecule has 0 aromatic heterocycles. The van der Waals surface area contributed by atoms with Gasteiger partial charge in [-0.15, -0.1) is 0 Å². The maximum atomic E-state index is 12.5. The van der Waals surface area contributed by atoms with E-state index < -0.39 is 10.0 Å². The van der Waals surface area contributed by atoms with Crippen molar-refractivity contribution >= 4 is 52.3 Å². The summed E-state index contributed by atoms with van der Waals surface area (Å²) in [5.41, 5.74) is 0.429. The minimum atomic E-state index is -1.76. The molecular weight excluding hydrogens is 430 g/mol. The second-order valence-corrected chi connectivity index (χ2v) is 10.0. The van der Waals surface area contributed by atoms with E-state index in [1.165, 1.54) is 19.3 Å². The highest BCUT2D eigenvalue weighted by molar-refractivity contribution is 6.68. The van der Waals surface area contributed by atoms with Gasteiger partial charge in [0, 0.05) is 16.6 Å². The Hall–Kier alpha value is -0.230. The normalized spacial score (nSPS) is 24.9. The predicted molar refractivity (Wildman–Crippen MR) is 111 cm³/mol. The van der Waals surface area contributed by atoms with Crippen molar-refractivity contribution < 1.29 is 9.53 Å². The number of carbonyl (C=O) groups excluding carboxylic acids is 1. The second kappa shape index (κ2) is 9.51. The van der Waals surface area contributed by atoms with Gasteiger partial charge in [0.2, 0.25) is 3.79 Å². The average Bonchev–Trinajstić information content (AvgIpc) is 2.64. The summed E-state index contributed by atoms with van der Waals surface area (Å²) in [6.07, 6.45) is 4.92. The van der Waals surface area contributed by atoms with Crippen molar-refractivity contribution in [3.8, 4) is 0 Å². The summed E-state index contributed by atoms with van der Waals surface area (Å²) >= 11 is 24.1. The Balaban J connectivity index is 1.61. The lowest BCUT2D eigenvalue weighted by Crippen LogP contribution is -2.51. The van der Waals surface area contributed by atoms with Crippen molar-refractivity contribution in [2.45, 2.75) is 48.2 Å². The Kier molecular flexibility index (Phi) is 7.57. The zero-order chi connectivity index (χ0) is 19.4. The first kappa shape index (κ1) is 21.5. The summed E-state index contributed by atoms with van der Waals surface area (Å²) in [5.74, 6) is 0.0206. The number of alkyl halides is 3. The molecule has 0 bridgehead atoms. The molecule has 3 rings (SSSR count). The average molecular weight is 454 g/mol. The molecule has 0 radical (unpaired) electrons. The standard InChI is InChI=1S/C19H24Cl4N2O2/c20-15-8-6-13(7-9-15)17(26)24-18(19(21,22)23)27-12-14-4-3-11-25-10-2-1-5-16(14)25/h6-9,14,16,18H,1-5,10-12H2,(H,24,26)/t14-,16+,18+/m0/s1. The molecule has 3 atom stereocenters. The fourth-order valence-electron chi connectivity index (χ4n) is 4.01. The van der Waals surface area contributed by atoms with Gasteiger partial charge in [0.25, 0.3) is 5.91 Å². The summed E-state index contributed by atoms with van der Waals surface area (Å²) in [5, 5.41) is 3.24. The topological polar surface area (TPSA) is 41.6 Å². The van der Waals surface area contributed by atoms with Crippen LogP contribution in [-0.4, -0.2) is 46.6 Å². The van der Waals surface area contributed by atoms with Crippen LogP contribution in [0.5, 0.6) is 0 Å². The van der Waals surface area contributed by atoms with Crippen molar-refractivity contribution in [1.29, 1.82) is 0 Å². The quantitative estimate of drug-likeness (QED) is 0.501. The Morgan fingerprint density at radius 3 is 2.56 bits per heavy atom. The van der Waals surface area contributed by atoms with E-state index in [1.54, 1.807) is 24.3 Å². The number of nitrogens with one attached hydrogen (secondary N) is 1. The van der Waals surface area contributed by atoms with Crippen LogP contribution in [0.4, 0.5) is 0 Å². The van der Waals surface area contributed by atoms with Crippen LogP contribution in [0.25, 0.3) is 0 Å². The maximum Gasteiger partial charge on any atom is 0.253 e. The second-order valence-electron chi connectivity index (χ2n) is 7.24. The SMILES string of the molecule is O=C(N[C@H](OC[C@@H]1CCCN2CCCC[C@H]12)C(Cl)(Cl)Cl)c1ccc(Cl)cc1. The van der Waals surface area contributed by atoms with Crippen molar-refractivity contribution in [2.75, 3.05) is 19.7 Å². The molecule has 0 unspecified atom stereocenters. The molecule has 2 saturated heterocycles. The molecule has 2 fully saturated rings. The number of piperidine rings is 2. The number of ether oxygens (including phenoxy) is 1. The third-order valence-electron chi connectivity index (χ3n) is 5.37. The first-order valence-corrected chi connectivity index (χ1v) is 10.8. The zero-order valence-corrected chi connectivity index (χ0v) is 18.0. The zero-order valence-electron chi connectivity index (χ0n) is 15.0. The molecule has 1 N–H and O–H groups in total. The first-order chi connectivity index (χ1) is 12.8. The molecule has 0 aliphatic carbocycles. The molecule has 0 saturated carbocycles. The highest BCUT2D eigenvalue weighted by Gasteiger charge is 2.38. The number of benzene rings is 1. The van der Waals surface area contributed by atoms with E-state index in [-0.39, 0.29) is 5.91 Å².